The summed E-state index contributed by atoms with van der Waals surface area (Å²) in [7, 11) is 0. The van der Waals surface area contributed by atoms with Gasteiger partial charge in [-0.25, -0.2) is 0 Å². The predicted octanol–water partition coefficient (Wildman–Crippen LogP) is 3.79. The average molecular weight is 187 g/mol. The van der Waals surface area contributed by atoms with Crippen molar-refractivity contribution in [3.05, 3.63) is 0 Å². The van der Waals surface area contributed by atoms with Gasteiger partial charge >= 0.3 is 0 Å². The molecule has 0 aromatic rings. The zero-order chi connectivity index (χ0) is 11.1. The smallest absolute Gasteiger partial charge is 0.0124 e. The van der Waals surface area contributed by atoms with Crippen LogP contribution in [0.4, 0.5) is 0 Å². The van der Waals surface area contributed by atoms with Crippen LogP contribution in [0, 0.1) is 5.92 Å². The number of hydrogen-bond acceptors (Lipinski definition) is 1. The Bertz CT molecular complexity index is 93.4. The minimum absolute atomic E-state index is 0.351. The second-order valence-corrected chi connectivity index (χ2v) is 5.08. The second-order valence-electron chi connectivity index (χ2n) is 5.08. The third-order valence-electron chi connectivity index (χ3n) is 1.71. The summed E-state index contributed by atoms with van der Waals surface area (Å²) in [6, 6.07) is 0. The molecule has 0 N–H and O–H groups in total. The summed E-state index contributed by atoms with van der Waals surface area (Å²) in [4.78, 5) is 2.44. The summed E-state index contributed by atoms with van der Waals surface area (Å²) >= 11 is 0. The van der Waals surface area contributed by atoms with Gasteiger partial charge in [-0.1, -0.05) is 34.6 Å². The summed E-state index contributed by atoms with van der Waals surface area (Å²) in [6.07, 6.45) is 0. The Hall–Kier alpha value is -0.0400. The van der Waals surface area contributed by atoms with Crippen molar-refractivity contribution >= 4 is 0 Å². The van der Waals surface area contributed by atoms with Crippen molar-refractivity contribution in [2.45, 2.75) is 60.9 Å². The molecule has 0 aliphatic rings. The van der Waals surface area contributed by atoms with E-state index in [9.17, 15) is 0 Å². The normalized spacial score (nSPS) is 11.5. The number of rotatable bonds is 2. The highest BCUT2D eigenvalue weighted by atomic mass is 15.2. The van der Waals surface area contributed by atoms with Crippen LogP contribution in [-0.2, 0) is 0 Å². The highest BCUT2D eigenvalue weighted by molar-refractivity contribution is 4.73. The molecule has 0 heterocycles. The van der Waals surface area contributed by atoms with E-state index < -0.39 is 0 Å². The molecule has 1 heteroatoms. The fourth-order valence-corrected chi connectivity index (χ4v) is 1.17. The monoisotopic (exact) mass is 187 g/mol. The van der Waals surface area contributed by atoms with Crippen molar-refractivity contribution in [2.24, 2.45) is 5.92 Å². The SMILES string of the molecule is CC(C)C.CCN(CC)C(C)(C)C. The van der Waals surface area contributed by atoms with E-state index in [0.29, 0.717) is 5.54 Å². The minimum atomic E-state index is 0.351. The minimum Gasteiger partial charge on any atom is -0.299 e. The third kappa shape index (κ3) is 12.0. The van der Waals surface area contributed by atoms with E-state index in [4.69, 9.17) is 0 Å². The second kappa shape index (κ2) is 7.37. The fourth-order valence-electron chi connectivity index (χ4n) is 1.17. The largest absolute Gasteiger partial charge is 0.299 e. The topological polar surface area (TPSA) is 3.24 Å². The average Bonchev–Trinajstić information content (AvgIpc) is 1.85. The third-order valence-corrected chi connectivity index (χ3v) is 1.71. The first-order valence-electron chi connectivity index (χ1n) is 5.50. The van der Waals surface area contributed by atoms with Gasteiger partial charge in [-0.3, -0.25) is 4.90 Å². The molecule has 0 radical (unpaired) electrons. The van der Waals surface area contributed by atoms with Gasteiger partial charge in [0, 0.05) is 5.54 Å². The van der Waals surface area contributed by atoms with Crippen molar-refractivity contribution in [3.8, 4) is 0 Å². The maximum absolute atomic E-state index is 2.44. The van der Waals surface area contributed by atoms with Gasteiger partial charge in [0.25, 0.3) is 0 Å². The van der Waals surface area contributed by atoms with Crippen molar-refractivity contribution < 1.29 is 0 Å². The van der Waals surface area contributed by atoms with Crippen LogP contribution in [0.3, 0.4) is 0 Å². The summed E-state index contributed by atoms with van der Waals surface area (Å²) in [5.74, 6) is 0.833. The Labute approximate surface area is 85.5 Å². The van der Waals surface area contributed by atoms with Gasteiger partial charge in [-0.2, -0.15) is 0 Å². The molecule has 0 atom stereocenters. The van der Waals surface area contributed by atoms with E-state index in [0.717, 1.165) is 19.0 Å². The van der Waals surface area contributed by atoms with Crippen LogP contribution in [-0.4, -0.2) is 23.5 Å². The molecular weight excluding hydrogens is 158 g/mol. The summed E-state index contributed by atoms with van der Waals surface area (Å²) in [5, 5.41) is 0. The number of hydrogen-bond donors (Lipinski definition) is 0. The molecule has 0 fully saturated rings. The molecule has 82 valence electrons. The molecular formula is C12H29N. The zero-order valence-electron chi connectivity index (χ0n) is 10.9. The molecule has 0 aromatic heterocycles. The van der Waals surface area contributed by atoms with Gasteiger partial charge < -0.3 is 0 Å². The van der Waals surface area contributed by atoms with Crippen LogP contribution in [0.5, 0.6) is 0 Å². The van der Waals surface area contributed by atoms with Crippen LogP contribution in [0.1, 0.15) is 55.4 Å². The van der Waals surface area contributed by atoms with E-state index >= 15 is 0 Å². The summed E-state index contributed by atoms with van der Waals surface area (Å²) < 4.78 is 0. The molecule has 0 aromatic carbocycles. The predicted molar refractivity (Wildman–Crippen MR) is 63.2 cm³/mol. The van der Waals surface area contributed by atoms with E-state index in [1.54, 1.807) is 0 Å². The molecule has 0 amide bonds. The van der Waals surface area contributed by atoms with Crippen LogP contribution in [0.25, 0.3) is 0 Å². The molecule has 1 nitrogen and oxygen atoms in total. The zero-order valence-corrected chi connectivity index (χ0v) is 10.9. The first-order valence-corrected chi connectivity index (χ1v) is 5.50. The first kappa shape index (κ1) is 15.4. The van der Waals surface area contributed by atoms with Crippen LogP contribution in [0.15, 0.2) is 0 Å². The molecule has 0 aliphatic heterocycles. The van der Waals surface area contributed by atoms with Crippen molar-refractivity contribution in [3.63, 3.8) is 0 Å². The van der Waals surface area contributed by atoms with Crippen LogP contribution in [0.2, 0.25) is 0 Å². The molecule has 0 rings (SSSR count). The summed E-state index contributed by atoms with van der Waals surface area (Å²) in [5.41, 5.74) is 0.351. The van der Waals surface area contributed by atoms with Crippen molar-refractivity contribution in [1.82, 2.24) is 4.90 Å². The Kier molecular flexibility index (Phi) is 8.75. The van der Waals surface area contributed by atoms with Crippen molar-refractivity contribution in [1.29, 1.82) is 0 Å². The van der Waals surface area contributed by atoms with E-state index in [1.165, 1.54) is 0 Å². The van der Waals surface area contributed by atoms with Gasteiger partial charge in [0.05, 0.1) is 0 Å². The highest BCUT2D eigenvalue weighted by Crippen LogP contribution is 2.10. The van der Waals surface area contributed by atoms with Gasteiger partial charge in [0.1, 0.15) is 0 Å². The van der Waals surface area contributed by atoms with Gasteiger partial charge in [0.15, 0.2) is 0 Å². The standard InChI is InChI=1S/C8H19N.C4H10/c1-6-9(7-2)8(3,4)5;1-4(2)3/h6-7H2,1-5H3;4H,1-3H3. The Balaban J connectivity index is 0. The van der Waals surface area contributed by atoms with Crippen molar-refractivity contribution in [2.75, 3.05) is 13.1 Å². The van der Waals surface area contributed by atoms with Gasteiger partial charge in [-0.05, 0) is 39.8 Å². The van der Waals surface area contributed by atoms with E-state index in [1.807, 2.05) is 0 Å². The Morgan fingerprint density at radius 2 is 1.15 bits per heavy atom. The molecule has 0 saturated heterocycles. The lowest BCUT2D eigenvalue weighted by atomic mass is 10.1. The molecule has 13 heavy (non-hydrogen) atoms. The molecule has 0 aliphatic carbocycles. The maximum Gasteiger partial charge on any atom is 0.0124 e. The first-order chi connectivity index (χ1) is 5.75. The fraction of sp³-hybridized carbons (Fsp3) is 1.00. The van der Waals surface area contributed by atoms with E-state index in [2.05, 4.69) is 60.3 Å². The Morgan fingerprint density at radius 3 is 1.15 bits per heavy atom. The molecule has 0 unspecified atom stereocenters. The molecule has 0 spiro atoms. The number of nitrogens with zero attached hydrogens (tertiary/aromatic N) is 1. The lowest BCUT2D eigenvalue weighted by Gasteiger charge is -2.33. The van der Waals surface area contributed by atoms with E-state index in [-0.39, 0.29) is 0 Å². The molecule has 0 saturated carbocycles. The highest BCUT2D eigenvalue weighted by Gasteiger charge is 2.16. The van der Waals surface area contributed by atoms with Gasteiger partial charge in [0.2, 0.25) is 0 Å². The van der Waals surface area contributed by atoms with Crippen LogP contribution >= 0.6 is 0 Å². The lowest BCUT2D eigenvalue weighted by molar-refractivity contribution is 0.153. The maximum atomic E-state index is 2.44. The summed E-state index contributed by atoms with van der Waals surface area (Å²) in [6.45, 7) is 20.0. The van der Waals surface area contributed by atoms with Crippen LogP contribution < -0.4 is 0 Å². The Morgan fingerprint density at radius 1 is 0.923 bits per heavy atom. The van der Waals surface area contributed by atoms with Gasteiger partial charge in [-0.15, -0.1) is 0 Å². The molecule has 0 bridgehead atoms. The lowest BCUT2D eigenvalue weighted by Crippen LogP contribution is -2.40. The quantitative estimate of drug-likeness (QED) is 0.636.